The molecule has 0 saturated carbocycles. The van der Waals surface area contributed by atoms with Gasteiger partial charge in [-0.25, -0.2) is 4.79 Å². The first-order valence-corrected chi connectivity index (χ1v) is 6.10. The molecule has 92 valence electrons. The molecule has 0 bridgehead atoms. The van der Waals surface area contributed by atoms with Crippen LogP contribution in [0, 0.1) is 5.92 Å². The van der Waals surface area contributed by atoms with Crippen LogP contribution in [0.1, 0.15) is 26.3 Å². The lowest BCUT2D eigenvalue weighted by Crippen LogP contribution is -2.35. The Morgan fingerprint density at radius 1 is 1.29 bits per heavy atom. The van der Waals surface area contributed by atoms with Gasteiger partial charge in [0.05, 0.1) is 6.04 Å². The Hall–Kier alpha value is -1.51. The summed E-state index contributed by atoms with van der Waals surface area (Å²) in [6.07, 6.45) is -0.189. The van der Waals surface area contributed by atoms with Gasteiger partial charge in [0.2, 0.25) is 0 Å². The minimum absolute atomic E-state index is 0.00575. The molecule has 17 heavy (non-hydrogen) atoms. The maximum atomic E-state index is 11.8. The molecule has 0 aliphatic carbocycles. The average molecular weight is 233 g/mol. The van der Waals surface area contributed by atoms with Gasteiger partial charge in [-0.05, 0) is 18.4 Å². The highest BCUT2D eigenvalue weighted by Gasteiger charge is 2.39. The number of amides is 1. The molecule has 0 radical (unpaired) electrons. The first kappa shape index (κ1) is 12.0. The number of nitrogens with zero attached hydrogens (tertiary/aromatic N) is 1. The summed E-state index contributed by atoms with van der Waals surface area (Å²) < 4.78 is 5.41. The van der Waals surface area contributed by atoms with Crippen molar-refractivity contribution in [3.8, 4) is 0 Å². The number of carbonyl (C=O) groups excluding carboxylic acids is 1. The third kappa shape index (κ3) is 2.43. The Morgan fingerprint density at radius 3 is 2.47 bits per heavy atom. The average Bonchev–Trinajstić information content (AvgIpc) is 2.58. The predicted molar refractivity (Wildman–Crippen MR) is 66.6 cm³/mol. The number of hydrogen-bond acceptors (Lipinski definition) is 2. The minimum Gasteiger partial charge on any atom is -0.444 e. The number of cyclic esters (lactones) is 1. The van der Waals surface area contributed by atoms with Crippen molar-refractivity contribution in [3.05, 3.63) is 35.9 Å². The molecule has 1 aromatic carbocycles. The number of rotatable bonds is 3. The zero-order chi connectivity index (χ0) is 12.4. The number of carbonyl (C=O) groups is 1. The fourth-order valence-electron chi connectivity index (χ4n) is 2.31. The van der Waals surface area contributed by atoms with E-state index in [4.69, 9.17) is 4.74 Å². The highest BCUT2D eigenvalue weighted by atomic mass is 16.6. The molecule has 0 aromatic heterocycles. The van der Waals surface area contributed by atoms with Gasteiger partial charge in [-0.1, -0.05) is 44.2 Å². The summed E-state index contributed by atoms with van der Waals surface area (Å²) in [6.45, 7) is 6.85. The Balaban J connectivity index is 2.09. The lowest BCUT2D eigenvalue weighted by molar-refractivity contribution is 0.104. The van der Waals surface area contributed by atoms with Gasteiger partial charge in [0, 0.05) is 6.54 Å². The number of benzene rings is 1. The third-order valence-corrected chi connectivity index (χ3v) is 3.29. The van der Waals surface area contributed by atoms with Gasteiger partial charge in [0.1, 0.15) is 6.10 Å². The van der Waals surface area contributed by atoms with Gasteiger partial charge in [-0.3, -0.25) is 4.90 Å². The largest absolute Gasteiger partial charge is 0.444 e. The monoisotopic (exact) mass is 233 g/mol. The maximum absolute atomic E-state index is 11.8. The number of ether oxygens (including phenoxy) is 1. The SMILES string of the molecule is CC(C)[C@@H]1OC(=O)N(Cc2ccccc2)[C@H]1C. The first-order chi connectivity index (χ1) is 8.09. The molecule has 1 heterocycles. The third-order valence-electron chi connectivity index (χ3n) is 3.29. The minimum atomic E-state index is -0.194. The summed E-state index contributed by atoms with van der Waals surface area (Å²) in [5, 5.41) is 0. The van der Waals surface area contributed by atoms with Crippen molar-refractivity contribution in [3.63, 3.8) is 0 Å². The van der Waals surface area contributed by atoms with Crippen LogP contribution < -0.4 is 0 Å². The molecule has 0 unspecified atom stereocenters. The van der Waals surface area contributed by atoms with Crippen LogP contribution in [-0.2, 0) is 11.3 Å². The van der Waals surface area contributed by atoms with Gasteiger partial charge in [0.25, 0.3) is 0 Å². The van der Waals surface area contributed by atoms with E-state index in [9.17, 15) is 4.79 Å². The molecule has 3 nitrogen and oxygen atoms in total. The van der Waals surface area contributed by atoms with Gasteiger partial charge in [-0.15, -0.1) is 0 Å². The first-order valence-electron chi connectivity index (χ1n) is 6.10. The predicted octanol–water partition coefficient (Wildman–Crippen LogP) is 3.05. The molecule has 1 fully saturated rings. The zero-order valence-electron chi connectivity index (χ0n) is 10.6. The highest BCUT2D eigenvalue weighted by Crippen LogP contribution is 2.26. The van der Waals surface area contributed by atoms with E-state index in [1.54, 1.807) is 4.90 Å². The molecule has 0 spiro atoms. The van der Waals surface area contributed by atoms with Gasteiger partial charge in [0.15, 0.2) is 0 Å². The molecule has 1 amide bonds. The molecule has 3 heteroatoms. The van der Waals surface area contributed by atoms with Crippen LogP contribution in [0.5, 0.6) is 0 Å². The summed E-state index contributed by atoms with van der Waals surface area (Å²) in [4.78, 5) is 13.6. The molecule has 1 aromatic rings. The summed E-state index contributed by atoms with van der Waals surface area (Å²) in [5.74, 6) is 0.356. The van der Waals surface area contributed by atoms with E-state index in [1.165, 1.54) is 0 Å². The van der Waals surface area contributed by atoms with Crippen LogP contribution in [-0.4, -0.2) is 23.1 Å². The van der Waals surface area contributed by atoms with E-state index in [0.717, 1.165) is 5.56 Å². The summed E-state index contributed by atoms with van der Waals surface area (Å²) in [7, 11) is 0. The quantitative estimate of drug-likeness (QED) is 0.803. The van der Waals surface area contributed by atoms with E-state index in [-0.39, 0.29) is 18.2 Å². The van der Waals surface area contributed by atoms with Crippen molar-refractivity contribution in [1.82, 2.24) is 4.90 Å². The molecule has 1 saturated heterocycles. The highest BCUT2D eigenvalue weighted by molar-refractivity contribution is 5.70. The van der Waals surface area contributed by atoms with Crippen molar-refractivity contribution < 1.29 is 9.53 Å². The van der Waals surface area contributed by atoms with E-state index in [1.807, 2.05) is 30.3 Å². The molecular formula is C14H19NO2. The van der Waals surface area contributed by atoms with Crippen LogP contribution in [0.4, 0.5) is 4.79 Å². The summed E-state index contributed by atoms with van der Waals surface area (Å²) in [6, 6.07) is 10.2. The van der Waals surface area contributed by atoms with E-state index >= 15 is 0 Å². The molecule has 2 rings (SSSR count). The van der Waals surface area contributed by atoms with Crippen molar-refractivity contribution in [1.29, 1.82) is 0 Å². The summed E-state index contributed by atoms with van der Waals surface area (Å²) >= 11 is 0. The van der Waals surface area contributed by atoms with Crippen LogP contribution in [0.3, 0.4) is 0 Å². The van der Waals surface area contributed by atoms with Crippen LogP contribution in [0.2, 0.25) is 0 Å². The fourth-order valence-corrected chi connectivity index (χ4v) is 2.31. The van der Waals surface area contributed by atoms with Gasteiger partial charge < -0.3 is 4.74 Å². The van der Waals surface area contributed by atoms with Crippen LogP contribution >= 0.6 is 0 Å². The smallest absolute Gasteiger partial charge is 0.410 e. The van der Waals surface area contributed by atoms with E-state index < -0.39 is 0 Å². The number of hydrogen-bond donors (Lipinski definition) is 0. The molecule has 0 N–H and O–H groups in total. The topological polar surface area (TPSA) is 29.5 Å². The van der Waals surface area contributed by atoms with E-state index in [0.29, 0.717) is 12.5 Å². The summed E-state index contributed by atoms with van der Waals surface area (Å²) in [5.41, 5.74) is 1.14. The van der Waals surface area contributed by atoms with Gasteiger partial charge in [-0.2, -0.15) is 0 Å². The normalized spacial score (nSPS) is 24.2. The fraction of sp³-hybridized carbons (Fsp3) is 0.500. The van der Waals surface area contributed by atoms with Crippen LogP contribution in [0.25, 0.3) is 0 Å². The van der Waals surface area contributed by atoms with Crippen molar-refractivity contribution in [2.75, 3.05) is 0 Å². The van der Waals surface area contributed by atoms with Crippen molar-refractivity contribution in [2.24, 2.45) is 5.92 Å². The second-order valence-corrected chi connectivity index (χ2v) is 4.95. The second-order valence-electron chi connectivity index (χ2n) is 4.95. The molecule has 1 aliphatic rings. The molecular weight excluding hydrogens is 214 g/mol. The zero-order valence-corrected chi connectivity index (χ0v) is 10.6. The Kier molecular flexibility index (Phi) is 3.36. The Morgan fingerprint density at radius 2 is 1.94 bits per heavy atom. The Bertz CT molecular complexity index is 388. The van der Waals surface area contributed by atoms with Crippen molar-refractivity contribution in [2.45, 2.75) is 39.5 Å². The Labute approximate surface area is 102 Å². The van der Waals surface area contributed by atoms with E-state index in [2.05, 4.69) is 20.8 Å². The second kappa shape index (κ2) is 4.78. The van der Waals surface area contributed by atoms with Crippen molar-refractivity contribution >= 4 is 6.09 Å². The maximum Gasteiger partial charge on any atom is 0.410 e. The lowest BCUT2D eigenvalue weighted by Gasteiger charge is -2.22. The molecule has 1 aliphatic heterocycles. The molecule has 2 atom stereocenters. The lowest BCUT2D eigenvalue weighted by atomic mass is 10.0. The van der Waals surface area contributed by atoms with Gasteiger partial charge >= 0.3 is 6.09 Å². The van der Waals surface area contributed by atoms with Crippen LogP contribution in [0.15, 0.2) is 30.3 Å². The standard InChI is InChI=1S/C14H19NO2/c1-10(2)13-11(3)15(14(16)17-13)9-12-7-5-4-6-8-12/h4-8,10-11,13H,9H2,1-3H3/t11-,13-/m0/s1.